The minimum atomic E-state index is -0.783. The molecular formula is C41H45ClN10O5. The largest absolute Gasteiger partial charge is 0.490 e. The van der Waals surface area contributed by atoms with Gasteiger partial charge in [-0.3, -0.25) is 29.4 Å². The summed E-state index contributed by atoms with van der Waals surface area (Å²) in [5.74, 6) is 0.893. The summed E-state index contributed by atoms with van der Waals surface area (Å²) in [6.07, 6.45) is 10.6. The maximum atomic E-state index is 13.2. The first-order valence-electron chi connectivity index (χ1n) is 19.8. The van der Waals surface area contributed by atoms with Gasteiger partial charge < -0.3 is 19.9 Å². The lowest BCUT2D eigenvalue weighted by atomic mass is 9.92. The number of piperazine rings is 1. The molecule has 3 aliphatic heterocycles. The number of hydrogen-bond acceptors (Lipinski definition) is 12. The van der Waals surface area contributed by atoms with E-state index in [-0.39, 0.29) is 42.4 Å². The molecular weight excluding hydrogens is 748 g/mol. The fourth-order valence-corrected chi connectivity index (χ4v) is 8.62. The first kappa shape index (κ1) is 38.3. The van der Waals surface area contributed by atoms with Crippen LogP contribution in [0.25, 0.3) is 10.8 Å². The molecule has 296 valence electrons. The number of nitriles is 1. The maximum absolute atomic E-state index is 13.2. The van der Waals surface area contributed by atoms with Gasteiger partial charge in [0.15, 0.2) is 0 Å². The minimum Gasteiger partial charge on any atom is -0.490 e. The molecule has 0 spiro atoms. The molecule has 57 heavy (non-hydrogen) atoms. The van der Waals surface area contributed by atoms with E-state index >= 15 is 0 Å². The third-order valence-electron chi connectivity index (χ3n) is 11.7. The van der Waals surface area contributed by atoms with E-state index in [1.807, 2.05) is 18.2 Å². The summed E-state index contributed by atoms with van der Waals surface area (Å²) < 4.78 is 7.28. The lowest BCUT2D eigenvalue weighted by Crippen LogP contribution is -2.49. The molecule has 2 aromatic heterocycles. The third-order valence-corrected chi connectivity index (χ3v) is 12.0. The molecule has 4 aliphatic rings. The minimum absolute atomic E-state index is 0.0292. The Morgan fingerprint density at radius 1 is 0.895 bits per heavy atom. The van der Waals surface area contributed by atoms with Crippen LogP contribution in [0.3, 0.4) is 0 Å². The van der Waals surface area contributed by atoms with Crippen molar-refractivity contribution in [2.75, 3.05) is 55.6 Å². The number of rotatable bonds is 9. The van der Waals surface area contributed by atoms with Crippen molar-refractivity contribution in [3.05, 3.63) is 81.5 Å². The summed E-state index contributed by atoms with van der Waals surface area (Å²) >= 11 is 6.15. The second-order valence-corrected chi connectivity index (χ2v) is 15.8. The van der Waals surface area contributed by atoms with Crippen molar-refractivity contribution in [1.82, 2.24) is 35.3 Å². The molecule has 3 saturated heterocycles. The van der Waals surface area contributed by atoms with Crippen LogP contribution in [0.15, 0.2) is 59.8 Å². The first-order chi connectivity index (χ1) is 27.7. The second kappa shape index (κ2) is 16.9. The van der Waals surface area contributed by atoms with Crippen molar-refractivity contribution in [3.63, 3.8) is 0 Å². The zero-order chi connectivity index (χ0) is 39.5. The molecule has 16 heteroatoms. The maximum Gasteiger partial charge on any atom is 0.275 e. The molecule has 1 atom stereocenters. The molecule has 4 aromatic rings. The summed E-state index contributed by atoms with van der Waals surface area (Å²) in [7, 11) is 0. The highest BCUT2D eigenvalue weighted by Crippen LogP contribution is 2.29. The number of nitrogens with zero attached hydrogens (tertiary/aromatic N) is 8. The van der Waals surface area contributed by atoms with Gasteiger partial charge in [0.1, 0.15) is 17.9 Å². The molecule has 2 N–H and O–H groups in total. The van der Waals surface area contributed by atoms with E-state index in [2.05, 4.69) is 46.5 Å². The fourth-order valence-electron chi connectivity index (χ4n) is 8.40. The van der Waals surface area contributed by atoms with Gasteiger partial charge in [-0.1, -0.05) is 11.6 Å². The predicted octanol–water partition coefficient (Wildman–Crippen LogP) is 3.85. The van der Waals surface area contributed by atoms with Gasteiger partial charge in [0, 0.05) is 87.8 Å². The standard InChI is InChI=1S/C41H45ClN10O5/c42-35-20-33(5-1-27(35)21-43)57-32-6-2-30(3-7-32)47-38(54)29-22-44-41(45-23-29)51-13-11-26(12-14-51)25-49-15-17-50(18-16-49)31-4-8-34-28(19-31)24-46-52(40(34)56)36-9-10-37(53)48-39(36)55/h1,4-5,8,19-20,22-24,26,30,32,36H,2-3,6-7,9-18,25H2,(H,47,54)(H,48,53,55). The molecule has 2 aromatic carbocycles. The number of fused-ring (bicyclic) bond motifs is 1. The van der Waals surface area contributed by atoms with Crippen LogP contribution in [0.1, 0.15) is 73.3 Å². The molecule has 1 unspecified atom stereocenters. The average molecular weight is 793 g/mol. The van der Waals surface area contributed by atoms with Crippen LogP contribution in [0.5, 0.6) is 5.75 Å². The number of carbonyl (C=O) groups excluding carboxylic acids is 3. The van der Waals surface area contributed by atoms with Crippen LogP contribution >= 0.6 is 11.6 Å². The number of hydrogen-bond donors (Lipinski definition) is 2. The van der Waals surface area contributed by atoms with E-state index < -0.39 is 11.9 Å². The molecule has 1 saturated carbocycles. The van der Waals surface area contributed by atoms with E-state index in [1.165, 1.54) is 4.68 Å². The number of anilines is 2. The summed E-state index contributed by atoms with van der Waals surface area (Å²) in [5, 5.41) is 20.4. The number of ether oxygens (including phenoxy) is 1. The quantitative estimate of drug-likeness (QED) is 0.235. The summed E-state index contributed by atoms with van der Waals surface area (Å²) in [6, 6.07) is 12.2. The van der Waals surface area contributed by atoms with Gasteiger partial charge >= 0.3 is 0 Å². The van der Waals surface area contributed by atoms with Crippen LogP contribution in [0.2, 0.25) is 5.02 Å². The van der Waals surface area contributed by atoms with Crippen molar-refractivity contribution in [1.29, 1.82) is 5.26 Å². The first-order valence-corrected chi connectivity index (χ1v) is 20.2. The average Bonchev–Trinajstić information content (AvgIpc) is 3.23. The number of carbonyl (C=O) groups is 3. The number of amides is 3. The van der Waals surface area contributed by atoms with Gasteiger partial charge in [0.2, 0.25) is 11.9 Å². The number of aromatic nitrogens is 4. The van der Waals surface area contributed by atoms with E-state index in [1.54, 1.807) is 36.8 Å². The number of halogens is 1. The molecule has 5 heterocycles. The smallest absolute Gasteiger partial charge is 0.275 e. The highest BCUT2D eigenvalue weighted by Gasteiger charge is 2.31. The number of nitrogens with one attached hydrogen (secondary N) is 2. The van der Waals surface area contributed by atoms with Crippen molar-refractivity contribution in [2.24, 2.45) is 5.92 Å². The summed E-state index contributed by atoms with van der Waals surface area (Å²) in [6.45, 7) is 6.43. The van der Waals surface area contributed by atoms with Crippen molar-refractivity contribution >= 4 is 51.7 Å². The van der Waals surface area contributed by atoms with Gasteiger partial charge in [-0.25, -0.2) is 14.6 Å². The van der Waals surface area contributed by atoms with E-state index in [0.29, 0.717) is 39.2 Å². The van der Waals surface area contributed by atoms with Crippen LogP contribution in [0.4, 0.5) is 11.6 Å². The summed E-state index contributed by atoms with van der Waals surface area (Å²) in [5.41, 5.74) is 1.58. The summed E-state index contributed by atoms with van der Waals surface area (Å²) in [4.78, 5) is 66.3. The zero-order valence-electron chi connectivity index (χ0n) is 31.6. The fraction of sp³-hybridized carbons (Fsp3) is 0.463. The second-order valence-electron chi connectivity index (χ2n) is 15.4. The molecule has 0 bridgehead atoms. The lowest BCUT2D eigenvalue weighted by molar-refractivity contribution is -0.136. The molecule has 3 amide bonds. The molecule has 4 fully saturated rings. The van der Waals surface area contributed by atoms with E-state index in [9.17, 15) is 19.2 Å². The van der Waals surface area contributed by atoms with Gasteiger partial charge in [-0.2, -0.15) is 10.4 Å². The van der Waals surface area contributed by atoms with Gasteiger partial charge in [-0.05, 0) is 81.2 Å². The van der Waals surface area contributed by atoms with Crippen molar-refractivity contribution in [2.45, 2.75) is 69.6 Å². The van der Waals surface area contributed by atoms with Crippen LogP contribution < -0.4 is 30.7 Å². The van der Waals surface area contributed by atoms with E-state index in [0.717, 1.165) is 95.4 Å². The Labute approximate surface area is 334 Å². The van der Waals surface area contributed by atoms with E-state index in [4.69, 9.17) is 21.6 Å². The Morgan fingerprint density at radius 3 is 2.35 bits per heavy atom. The Balaban J connectivity index is 0.756. The lowest BCUT2D eigenvalue weighted by Gasteiger charge is -2.39. The topological polar surface area (TPSA) is 179 Å². The Hall–Kier alpha value is -5.59. The van der Waals surface area contributed by atoms with Gasteiger partial charge in [0.25, 0.3) is 17.4 Å². The molecule has 8 rings (SSSR count). The molecule has 0 radical (unpaired) electrons. The highest BCUT2D eigenvalue weighted by molar-refractivity contribution is 6.31. The Bertz CT molecular complexity index is 2240. The van der Waals surface area contributed by atoms with Gasteiger partial charge in [-0.15, -0.1) is 0 Å². The molecule has 15 nitrogen and oxygen atoms in total. The van der Waals surface area contributed by atoms with Crippen LogP contribution in [0, 0.1) is 17.2 Å². The van der Waals surface area contributed by atoms with Gasteiger partial charge in [0.05, 0.1) is 33.8 Å². The number of piperidine rings is 2. The third kappa shape index (κ3) is 8.72. The highest BCUT2D eigenvalue weighted by atomic mass is 35.5. The van der Waals surface area contributed by atoms with Crippen molar-refractivity contribution < 1.29 is 19.1 Å². The Morgan fingerprint density at radius 2 is 1.65 bits per heavy atom. The predicted molar refractivity (Wildman–Crippen MR) is 213 cm³/mol. The van der Waals surface area contributed by atoms with Crippen molar-refractivity contribution in [3.8, 4) is 11.8 Å². The number of imide groups is 1. The SMILES string of the molecule is N#Cc1ccc(OC2CCC(NC(=O)c3cnc(N4CCC(CN5CCN(c6ccc7c(=O)n(C8CCC(=O)NC8=O)ncc7c6)CC5)CC4)nc3)CC2)cc1Cl. The molecule has 1 aliphatic carbocycles. The normalized spacial score (nSPS) is 22.2. The number of benzene rings is 2. The Kier molecular flexibility index (Phi) is 11.3. The van der Waals surface area contributed by atoms with Crippen LogP contribution in [-0.4, -0.2) is 100 Å². The monoisotopic (exact) mass is 792 g/mol. The zero-order valence-corrected chi connectivity index (χ0v) is 32.4. The van der Waals surface area contributed by atoms with Crippen LogP contribution in [-0.2, 0) is 9.59 Å².